The second kappa shape index (κ2) is 7.02. The molecule has 0 atom stereocenters. The molecule has 24 heavy (non-hydrogen) atoms. The number of thiophene rings is 1. The van der Waals surface area contributed by atoms with Gasteiger partial charge in [-0.1, -0.05) is 23.7 Å². The predicted octanol–water partition coefficient (Wildman–Crippen LogP) is 2.43. The van der Waals surface area contributed by atoms with Crippen molar-refractivity contribution in [2.45, 2.75) is 13.1 Å². The van der Waals surface area contributed by atoms with Gasteiger partial charge in [-0.15, -0.1) is 23.0 Å². The van der Waals surface area contributed by atoms with Crippen LogP contribution >= 0.6 is 22.9 Å². The van der Waals surface area contributed by atoms with Crippen LogP contribution in [-0.2, 0) is 17.9 Å². The van der Waals surface area contributed by atoms with Crippen molar-refractivity contribution < 1.29 is 4.79 Å². The van der Waals surface area contributed by atoms with Crippen LogP contribution < -0.4 is 5.69 Å². The fourth-order valence-corrected chi connectivity index (χ4v) is 3.44. The Morgan fingerprint density at radius 1 is 1.38 bits per heavy atom. The Labute approximate surface area is 147 Å². The lowest BCUT2D eigenvalue weighted by Crippen LogP contribution is -2.36. The van der Waals surface area contributed by atoms with E-state index in [1.165, 1.54) is 20.4 Å². The number of rotatable bonds is 6. The quantitative estimate of drug-likeness (QED) is 0.633. The maximum absolute atomic E-state index is 12.6. The minimum absolute atomic E-state index is 0.118. The van der Waals surface area contributed by atoms with Gasteiger partial charge in [0.15, 0.2) is 5.65 Å². The summed E-state index contributed by atoms with van der Waals surface area (Å²) in [5.41, 5.74) is 0.173. The highest BCUT2D eigenvalue weighted by Crippen LogP contribution is 2.22. The highest BCUT2D eigenvalue weighted by atomic mass is 35.5. The van der Waals surface area contributed by atoms with E-state index in [-0.39, 0.29) is 18.1 Å². The summed E-state index contributed by atoms with van der Waals surface area (Å²) in [4.78, 5) is 27.4. The number of pyridine rings is 1. The Bertz CT molecular complexity index is 943. The van der Waals surface area contributed by atoms with Gasteiger partial charge in [-0.05, 0) is 24.3 Å². The van der Waals surface area contributed by atoms with Crippen molar-refractivity contribution in [1.82, 2.24) is 19.1 Å². The van der Waals surface area contributed by atoms with Crippen LogP contribution in [0.5, 0.6) is 0 Å². The molecule has 0 aliphatic carbocycles. The molecule has 3 rings (SSSR count). The maximum atomic E-state index is 12.6. The first-order valence-electron chi connectivity index (χ1n) is 7.25. The molecule has 0 aromatic carbocycles. The molecule has 0 radical (unpaired) electrons. The van der Waals surface area contributed by atoms with Crippen LogP contribution in [0.4, 0.5) is 0 Å². The second-order valence-electron chi connectivity index (χ2n) is 5.14. The first-order valence-corrected chi connectivity index (χ1v) is 8.45. The van der Waals surface area contributed by atoms with Crippen molar-refractivity contribution in [2.75, 3.05) is 6.54 Å². The van der Waals surface area contributed by atoms with E-state index in [1.807, 2.05) is 6.07 Å². The standard InChI is InChI=1S/C16H15ClN4O2S/c1-2-8-19(10-12-6-7-13(17)24-12)15(22)11-21-16(23)20-9-4-3-5-14(20)18-21/h2-7,9H,1,8,10-11H2. The normalized spacial score (nSPS) is 10.9. The fourth-order valence-electron chi connectivity index (χ4n) is 2.33. The van der Waals surface area contributed by atoms with E-state index < -0.39 is 0 Å². The zero-order valence-corrected chi connectivity index (χ0v) is 14.3. The molecule has 0 aliphatic heterocycles. The highest BCUT2D eigenvalue weighted by molar-refractivity contribution is 7.16. The van der Waals surface area contributed by atoms with Crippen LogP contribution in [0.15, 0.2) is 54.0 Å². The highest BCUT2D eigenvalue weighted by Gasteiger charge is 2.17. The third-order valence-electron chi connectivity index (χ3n) is 3.45. The van der Waals surface area contributed by atoms with Gasteiger partial charge < -0.3 is 4.90 Å². The Morgan fingerprint density at radius 2 is 2.21 bits per heavy atom. The molecule has 124 valence electrons. The zero-order chi connectivity index (χ0) is 17.1. The van der Waals surface area contributed by atoms with Gasteiger partial charge in [-0.3, -0.25) is 9.20 Å². The van der Waals surface area contributed by atoms with Gasteiger partial charge in [-0.25, -0.2) is 9.48 Å². The summed E-state index contributed by atoms with van der Waals surface area (Å²) in [5, 5.41) is 4.18. The van der Waals surface area contributed by atoms with Crippen molar-refractivity contribution in [1.29, 1.82) is 0 Å². The summed E-state index contributed by atoms with van der Waals surface area (Å²) in [6, 6.07) is 8.93. The molecule has 0 spiro atoms. The van der Waals surface area contributed by atoms with Gasteiger partial charge >= 0.3 is 5.69 Å². The minimum atomic E-state index is -0.336. The lowest BCUT2D eigenvalue weighted by atomic mass is 10.3. The van der Waals surface area contributed by atoms with Crippen molar-refractivity contribution >= 4 is 34.5 Å². The van der Waals surface area contributed by atoms with Gasteiger partial charge in [-0.2, -0.15) is 0 Å². The molecule has 0 fully saturated rings. The number of hydrogen-bond acceptors (Lipinski definition) is 4. The molecule has 1 amide bonds. The molecule has 0 N–H and O–H groups in total. The maximum Gasteiger partial charge on any atom is 0.350 e. The third kappa shape index (κ3) is 3.42. The average Bonchev–Trinajstić information content (AvgIpc) is 3.11. The summed E-state index contributed by atoms with van der Waals surface area (Å²) >= 11 is 7.35. The van der Waals surface area contributed by atoms with Crippen molar-refractivity contribution in [3.05, 3.63) is 68.9 Å². The fraction of sp³-hybridized carbons (Fsp3) is 0.188. The smallest absolute Gasteiger partial charge is 0.332 e. The van der Waals surface area contributed by atoms with E-state index in [4.69, 9.17) is 11.6 Å². The molecule has 0 bridgehead atoms. The first kappa shape index (κ1) is 16.5. The first-order chi connectivity index (χ1) is 11.6. The van der Waals surface area contributed by atoms with Crippen LogP contribution in [0, 0.1) is 0 Å². The van der Waals surface area contributed by atoms with Crippen molar-refractivity contribution in [3.8, 4) is 0 Å². The summed E-state index contributed by atoms with van der Waals surface area (Å²) in [6.45, 7) is 4.37. The lowest BCUT2D eigenvalue weighted by Gasteiger charge is -2.20. The Balaban J connectivity index is 1.80. The largest absolute Gasteiger partial charge is 0.350 e. The number of carbonyl (C=O) groups excluding carboxylic acids is 1. The average molecular weight is 363 g/mol. The van der Waals surface area contributed by atoms with E-state index in [0.717, 1.165) is 4.88 Å². The monoisotopic (exact) mass is 362 g/mol. The number of hydrogen-bond donors (Lipinski definition) is 0. The van der Waals surface area contributed by atoms with E-state index in [9.17, 15) is 9.59 Å². The third-order valence-corrected chi connectivity index (χ3v) is 4.67. The van der Waals surface area contributed by atoms with Gasteiger partial charge in [0, 0.05) is 17.6 Å². The number of aromatic nitrogens is 3. The molecule has 3 aromatic heterocycles. The van der Waals surface area contributed by atoms with E-state index >= 15 is 0 Å². The van der Waals surface area contributed by atoms with Crippen molar-refractivity contribution in [2.24, 2.45) is 0 Å². The van der Waals surface area contributed by atoms with Gasteiger partial charge in [0.25, 0.3) is 0 Å². The van der Waals surface area contributed by atoms with Crippen LogP contribution in [0.25, 0.3) is 5.65 Å². The zero-order valence-electron chi connectivity index (χ0n) is 12.8. The SMILES string of the molecule is C=CCN(Cc1ccc(Cl)s1)C(=O)Cn1nc2ccccn2c1=O. The number of nitrogens with zero attached hydrogens (tertiary/aromatic N) is 4. The predicted molar refractivity (Wildman–Crippen MR) is 94.4 cm³/mol. The molecule has 0 saturated carbocycles. The Morgan fingerprint density at radius 3 is 2.88 bits per heavy atom. The molecular weight excluding hydrogens is 348 g/mol. The number of amides is 1. The Hall–Kier alpha value is -2.38. The van der Waals surface area contributed by atoms with Gasteiger partial charge in [0.05, 0.1) is 10.9 Å². The number of halogens is 1. The summed E-state index contributed by atoms with van der Waals surface area (Å²) < 4.78 is 3.26. The molecule has 0 aliphatic rings. The summed E-state index contributed by atoms with van der Waals surface area (Å²) in [5.74, 6) is -0.204. The lowest BCUT2D eigenvalue weighted by molar-refractivity contribution is -0.132. The summed E-state index contributed by atoms with van der Waals surface area (Å²) in [7, 11) is 0. The number of fused-ring (bicyclic) bond motifs is 1. The van der Waals surface area contributed by atoms with E-state index in [0.29, 0.717) is 23.1 Å². The number of carbonyl (C=O) groups is 1. The van der Waals surface area contributed by atoms with Crippen LogP contribution in [0.2, 0.25) is 4.34 Å². The van der Waals surface area contributed by atoms with Crippen molar-refractivity contribution in [3.63, 3.8) is 0 Å². The van der Waals surface area contributed by atoms with Gasteiger partial charge in [0.2, 0.25) is 5.91 Å². The molecule has 3 aromatic rings. The molecule has 0 saturated heterocycles. The van der Waals surface area contributed by atoms with Crippen LogP contribution in [-0.4, -0.2) is 31.5 Å². The van der Waals surface area contributed by atoms with Crippen LogP contribution in [0.3, 0.4) is 0 Å². The Kier molecular flexibility index (Phi) is 4.82. The molecule has 6 nitrogen and oxygen atoms in total. The molecular formula is C16H15ClN4O2S. The minimum Gasteiger partial charge on any atom is -0.332 e. The van der Waals surface area contributed by atoms with E-state index in [2.05, 4.69) is 11.7 Å². The molecule has 8 heteroatoms. The van der Waals surface area contributed by atoms with E-state index in [1.54, 1.807) is 41.4 Å². The van der Waals surface area contributed by atoms with Crippen LogP contribution in [0.1, 0.15) is 4.88 Å². The molecule has 0 unspecified atom stereocenters. The second-order valence-corrected chi connectivity index (χ2v) is 6.94. The van der Waals surface area contributed by atoms with Gasteiger partial charge in [0.1, 0.15) is 6.54 Å². The topological polar surface area (TPSA) is 59.6 Å². The summed E-state index contributed by atoms with van der Waals surface area (Å²) in [6.07, 6.45) is 3.28. The molecule has 3 heterocycles.